The lowest BCUT2D eigenvalue weighted by molar-refractivity contribution is 0.254. The minimum Gasteiger partial charge on any atom is -0.316 e. The Morgan fingerprint density at radius 2 is 2.00 bits per heavy atom. The van der Waals surface area contributed by atoms with Gasteiger partial charge in [0.15, 0.2) is 0 Å². The van der Waals surface area contributed by atoms with E-state index in [0.29, 0.717) is 0 Å². The predicted molar refractivity (Wildman–Crippen MR) is 74.5 cm³/mol. The molecule has 0 bridgehead atoms. The first-order valence-corrected chi connectivity index (χ1v) is 6.87. The van der Waals surface area contributed by atoms with Crippen LogP contribution in [-0.4, -0.2) is 13.1 Å². The molecule has 1 fully saturated rings. The SMILES string of the molecule is Cc1ccc(C2CCNCC2C(C)C)c(C)c1. The van der Waals surface area contributed by atoms with Gasteiger partial charge in [-0.25, -0.2) is 0 Å². The highest BCUT2D eigenvalue weighted by Gasteiger charge is 2.29. The van der Waals surface area contributed by atoms with E-state index in [0.717, 1.165) is 17.8 Å². The van der Waals surface area contributed by atoms with E-state index < -0.39 is 0 Å². The molecular weight excluding hydrogens is 206 g/mol. The molecule has 0 radical (unpaired) electrons. The van der Waals surface area contributed by atoms with Crippen molar-refractivity contribution in [3.8, 4) is 0 Å². The van der Waals surface area contributed by atoms with Gasteiger partial charge >= 0.3 is 0 Å². The van der Waals surface area contributed by atoms with Gasteiger partial charge < -0.3 is 5.32 Å². The Balaban J connectivity index is 2.29. The highest BCUT2D eigenvalue weighted by molar-refractivity contribution is 5.34. The van der Waals surface area contributed by atoms with Crippen LogP contribution in [0, 0.1) is 25.7 Å². The van der Waals surface area contributed by atoms with Gasteiger partial charge in [-0.1, -0.05) is 37.6 Å². The van der Waals surface area contributed by atoms with Gasteiger partial charge in [0.1, 0.15) is 0 Å². The maximum Gasteiger partial charge on any atom is -0.00122 e. The fourth-order valence-corrected chi connectivity index (χ4v) is 3.21. The number of piperidine rings is 1. The standard InChI is InChI=1S/C16H25N/c1-11(2)16-10-17-8-7-15(16)14-6-5-12(3)9-13(14)4/h5-6,9,11,15-17H,7-8,10H2,1-4H3. The van der Waals surface area contributed by atoms with Crippen LogP contribution in [0.15, 0.2) is 18.2 Å². The van der Waals surface area contributed by atoms with Gasteiger partial charge in [0.2, 0.25) is 0 Å². The van der Waals surface area contributed by atoms with E-state index in [4.69, 9.17) is 0 Å². The summed E-state index contributed by atoms with van der Waals surface area (Å²) >= 11 is 0. The first kappa shape index (κ1) is 12.6. The molecule has 1 aromatic rings. The topological polar surface area (TPSA) is 12.0 Å². The molecular formula is C16H25N. The molecule has 1 heterocycles. The molecule has 17 heavy (non-hydrogen) atoms. The van der Waals surface area contributed by atoms with Crippen LogP contribution in [0.1, 0.15) is 42.9 Å². The average molecular weight is 231 g/mol. The molecule has 1 saturated heterocycles. The largest absolute Gasteiger partial charge is 0.316 e. The third-order valence-electron chi connectivity index (χ3n) is 4.21. The number of hydrogen-bond acceptors (Lipinski definition) is 1. The first-order valence-electron chi connectivity index (χ1n) is 6.87. The van der Waals surface area contributed by atoms with Gasteiger partial charge in [0, 0.05) is 0 Å². The van der Waals surface area contributed by atoms with Crippen molar-refractivity contribution in [1.29, 1.82) is 0 Å². The van der Waals surface area contributed by atoms with Gasteiger partial charge in [0.05, 0.1) is 0 Å². The van der Waals surface area contributed by atoms with Gasteiger partial charge in [-0.2, -0.15) is 0 Å². The Bertz CT molecular complexity index is 381. The molecule has 1 nitrogen and oxygen atoms in total. The van der Waals surface area contributed by atoms with E-state index in [1.807, 2.05) is 0 Å². The fraction of sp³-hybridized carbons (Fsp3) is 0.625. The van der Waals surface area contributed by atoms with Crippen LogP contribution in [0.4, 0.5) is 0 Å². The summed E-state index contributed by atoms with van der Waals surface area (Å²) in [7, 11) is 0. The molecule has 0 saturated carbocycles. The van der Waals surface area contributed by atoms with Crippen LogP contribution in [0.5, 0.6) is 0 Å². The summed E-state index contributed by atoms with van der Waals surface area (Å²) in [4.78, 5) is 0. The van der Waals surface area contributed by atoms with Crippen LogP contribution in [0.3, 0.4) is 0 Å². The van der Waals surface area contributed by atoms with Crippen molar-refractivity contribution >= 4 is 0 Å². The van der Waals surface area contributed by atoms with E-state index >= 15 is 0 Å². The number of rotatable bonds is 2. The van der Waals surface area contributed by atoms with Gasteiger partial charge in [-0.05, 0) is 62.2 Å². The van der Waals surface area contributed by atoms with Crippen molar-refractivity contribution < 1.29 is 0 Å². The predicted octanol–water partition coefficient (Wildman–Crippen LogP) is 3.65. The van der Waals surface area contributed by atoms with Crippen LogP contribution >= 0.6 is 0 Å². The minimum atomic E-state index is 0.747. The maximum atomic E-state index is 3.55. The first-order chi connectivity index (χ1) is 8.09. The Morgan fingerprint density at radius 1 is 1.24 bits per heavy atom. The van der Waals surface area contributed by atoms with E-state index in [9.17, 15) is 0 Å². The summed E-state index contributed by atoms with van der Waals surface area (Å²) < 4.78 is 0. The zero-order valence-corrected chi connectivity index (χ0v) is 11.6. The Kier molecular flexibility index (Phi) is 3.88. The fourth-order valence-electron chi connectivity index (χ4n) is 3.21. The van der Waals surface area contributed by atoms with Crippen LogP contribution < -0.4 is 5.32 Å². The van der Waals surface area contributed by atoms with Crippen molar-refractivity contribution in [1.82, 2.24) is 5.32 Å². The second-order valence-electron chi connectivity index (χ2n) is 5.87. The van der Waals surface area contributed by atoms with Gasteiger partial charge in [-0.3, -0.25) is 0 Å². The lowest BCUT2D eigenvalue weighted by Gasteiger charge is -2.36. The van der Waals surface area contributed by atoms with Crippen molar-refractivity contribution in [3.63, 3.8) is 0 Å². The van der Waals surface area contributed by atoms with E-state index in [1.165, 1.54) is 30.6 Å². The molecule has 0 aromatic heterocycles. The normalized spacial score (nSPS) is 25.2. The van der Waals surface area contributed by atoms with Crippen molar-refractivity contribution in [3.05, 3.63) is 34.9 Å². The summed E-state index contributed by atoms with van der Waals surface area (Å²) in [5.74, 6) is 2.29. The molecule has 2 unspecified atom stereocenters. The van der Waals surface area contributed by atoms with Crippen LogP contribution in [-0.2, 0) is 0 Å². The monoisotopic (exact) mass is 231 g/mol. The molecule has 1 heteroatoms. The summed E-state index contributed by atoms with van der Waals surface area (Å²) in [6.07, 6.45) is 1.28. The van der Waals surface area contributed by atoms with Crippen molar-refractivity contribution in [2.45, 2.75) is 40.0 Å². The zero-order valence-electron chi connectivity index (χ0n) is 11.6. The number of nitrogens with one attached hydrogen (secondary N) is 1. The third-order valence-corrected chi connectivity index (χ3v) is 4.21. The number of hydrogen-bond donors (Lipinski definition) is 1. The second-order valence-corrected chi connectivity index (χ2v) is 5.87. The summed E-state index contributed by atoms with van der Waals surface area (Å²) in [5, 5.41) is 3.55. The maximum absolute atomic E-state index is 3.55. The van der Waals surface area contributed by atoms with Gasteiger partial charge in [-0.15, -0.1) is 0 Å². The molecule has 1 N–H and O–H groups in total. The number of benzene rings is 1. The molecule has 1 aliphatic heterocycles. The molecule has 1 aromatic carbocycles. The molecule has 1 aliphatic rings. The van der Waals surface area contributed by atoms with Crippen molar-refractivity contribution in [2.75, 3.05) is 13.1 Å². The molecule has 2 atom stereocenters. The van der Waals surface area contributed by atoms with E-state index in [-0.39, 0.29) is 0 Å². The average Bonchev–Trinajstić information content (AvgIpc) is 2.29. The smallest absolute Gasteiger partial charge is 0.00122 e. The summed E-state index contributed by atoms with van der Waals surface area (Å²) in [6.45, 7) is 11.5. The Labute approximate surface area is 106 Å². The zero-order chi connectivity index (χ0) is 12.4. The van der Waals surface area contributed by atoms with Crippen LogP contribution in [0.2, 0.25) is 0 Å². The highest BCUT2D eigenvalue weighted by Crippen LogP contribution is 2.36. The second kappa shape index (κ2) is 5.22. The van der Waals surface area contributed by atoms with E-state index in [2.05, 4.69) is 51.2 Å². The Morgan fingerprint density at radius 3 is 2.65 bits per heavy atom. The van der Waals surface area contributed by atoms with Crippen molar-refractivity contribution in [2.24, 2.45) is 11.8 Å². The molecule has 2 rings (SSSR count). The quantitative estimate of drug-likeness (QED) is 0.819. The third kappa shape index (κ3) is 2.71. The highest BCUT2D eigenvalue weighted by atomic mass is 14.9. The van der Waals surface area contributed by atoms with E-state index in [1.54, 1.807) is 5.56 Å². The lowest BCUT2D eigenvalue weighted by Crippen LogP contribution is -2.38. The summed E-state index contributed by atoms with van der Waals surface area (Å²) in [5.41, 5.74) is 4.43. The number of aryl methyl sites for hydroxylation is 2. The molecule has 0 spiro atoms. The summed E-state index contributed by atoms with van der Waals surface area (Å²) in [6, 6.07) is 6.95. The minimum absolute atomic E-state index is 0.747. The molecule has 94 valence electrons. The van der Waals surface area contributed by atoms with Crippen LogP contribution in [0.25, 0.3) is 0 Å². The molecule has 0 aliphatic carbocycles. The van der Waals surface area contributed by atoms with Gasteiger partial charge in [0.25, 0.3) is 0 Å². The molecule has 0 amide bonds. The lowest BCUT2D eigenvalue weighted by atomic mass is 9.74. The Hall–Kier alpha value is -0.820.